The SMILES string of the molecule is CCCCCCCCCCCCCCCCCC(=O)O[C@H](COC(=O)CCCCCCCCCC)CO[C@H]1O[C@H](CS(=O)(=O)O)[C@@H](O)C(O)C1O. The molecular weight excluding hydrogens is 680 g/mol. The fourth-order valence-corrected chi connectivity index (χ4v) is 6.96. The monoisotopic (exact) mass is 752 g/mol. The standard InChI is InChI=1S/C38H72O12S/c1-3-5-7-9-11-13-14-15-16-17-18-19-21-23-25-27-34(40)49-31(28-47-33(39)26-24-22-20-12-10-8-6-4-2)29-48-38-37(43)36(42)35(41)32(50-38)30-51(44,45)46/h31-32,35-38,41-43H,3-30H2,1-2H3,(H,44,45,46)/t31-,32-,35-,36?,37?,38+/m1/s1. The Bertz CT molecular complexity index is 978. The van der Waals surface area contributed by atoms with E-state index >= 15 is 0 Å². The van der Waals surface area contributed by atoms with E-state index < -0.39 is 71.2 Å². The second-order valence-electron chi connectivity index (χ2n) is 14.3. The van der Waals surface area contributed by atoms with Crippen LogP contribution in [0, 0.1) is 0 Å². The summed E-state index contributed by atoms with van der Waals surface area (Å²) >= 11 is 0. The van der Waals surface area contributed by atoms with Crippen molar-refractivity contribution in [2.45, 2.75) is 211 Å². The van der Waals surface area contributed by atoms with Gasteiger partial charge in [-0.3, -0.25) is 14.1 Å². The van der Waals surface area contributed by atoms with E-state index in [4.69, 9.17) is 18.9 Å². The van der Waals surface area contributed by atoms with E-state index in [0.717, 1.165) is 38.5 Å². The van der Waals surface area contributed by atoms with Gasteiger partial charge in [0.05, 0.1) is 6.61 Å². The number of esters is 2. The first-order valence-electron chi connectivity index (χ1n) is 20.1. The Morgan fingerprint density at radius 1 is 0.588 bits per heavy atom. The van der Waals surface area contributed by atoms with E-state index in [1.165, 1.54) is 96.3 Å². The first kappa shape index (κ1) is 47.7. The summed E-state index contributed by atoms with van der Waals surface area (Å²) in [6.07, 6.45) is 17.5. The molecule has 1 heterocycles. The van der Waals surface area contributed by atoms with Gasteiger partial charge in [0.1, 0.15) is 36.8 Å². The predicted molar refractivity (Wildman–Crippen MR) is 197 cm³/mol. The van der Waals surface area contributed by atoms with Gasteiger partial charge in [-0.05, 0) is 12.8 Å². The van der Waals surface area contributed by atoms with E-state index in [9.17, 15) is 37.9 Å². The molecule has 0 amide bonds. The van der Waals surface area contributed by atoms with Crippen LogP contribution in [0.25, 0.3) is 0 Å². The largest absolute Gasteiger partial charge is 0.462 e. The Balaban J connectivity index is 2.47. The van der Waals surface area contributed by atoms with Crippen LogP contribution in [0.5, 0.6) is 0 Å². The first-order chi connectivity index (χ1) is 24.5. The molecule has 51 heavy (non-hydrogen) atoms. The minimum Gasteiger partial charge on any atom is -0.462 e. The zero-order valence-electron chi connectivity index (χ0n) is 31.7. The third-order valence-electron chi connectivity index (χ3n) is 9.44. The molecule has 0 bridgehead atoms. The number of ether oxygens (including phenoxy) is 4. The van der Waals surface area contributed by atoms with Gasteiger partial charge < -0.3 is 34.3 Å². The summed E-state index contributed by atoms with van der Waals surface area (Å²) in [5.41, 5.74) is 0. The van der Waals surface area contributed by atoms with Crippen LogP contribution in [0.4, 0.5) is 0 Å². The lowest BCUT2D eigenvalue weighted by molar-refractivity contribution is -0.297. The Morgan fingerprint density at radius 3 is 1.43 bits per heavy atom. The van der Waals surface area contributed by atoms with Crippen LogP contribution >= 0.6 is 0 Å². The van der Waals surface area contributed by atoms with Crippen LogP contribution in [0.3, 0.4) is 0 Å². The van der Waals surface area contributed by atoms with Crippen molar-refractivity contribution in [3.8, 4) is 0 Å². The molecule has 1 aliphatic rings. The highest BCUT2D eigenvalue weighted by Crippen LogP contribution is 2.24. The molecule has 6 atom stereocenters. The number of rotatable bonds is 33. The fourth-order valence-electron chi connectivity index (χ4n) is 6.26. The van der Waals surface area contributed by atoms with Crippen LogP contribution < -0.4 is 0 Å². The summed E-state index contributed by atoms with van der Waals surface area (Å²) in [5.74, 6) is -1.97. The lowest BCUT2D eigenvalue weighted by atomic mass is 10.00. The van der Waals surface area contributed by atoms with Crippen LogP contribution in [0.1, 0.15) is 174 Å². The van der Waals surface area contributed by atoms with Gasteiger partial charge >= 0.3 is 11.9 Å². The van der Waals surface area contributed by atoms with Crippen molar-refractivity contribution in [1.29, 1.82) is 0 Å². The molecule has 0 aromatic rings. The van der Waals surface area contributed by atoms with Crippen LogP contribution in [-0.2, 0) is 38.7 Å². The summed E-state index contributed by atoms with van der Waals surface area (Å²) in [4.78, 5) is 25.2. The van der Waals surface area contributed by atoms with Crippen LogP contribution in [0.15, 0.2) is 0 Å². The molecular formula is C38H72O12S. The number of hydrogen-bond acceptors (Lipinski definition) is 11. The van der Waals surface area contributed by atoms with Gasteiger partial charge in [0, 0.05) is 12.8 Å². The third-order valence-corrected chi connectivity index (χ3v) is 10.2. The second-order valence-corrected chi connectivity index (χ2v) is 15.8. The molecule has 1 saturated heterocycles. The van der Waals surface area contributed by atoms with Crippen LogP contribution in [-0.4, -0.2) is 96.0 Å². The first-order valence-corrected chi connectivity index (χ1v) is 21.7. The Labute approximate surface area is 308 Å². The number of carbonyl (C=O) groups excluding carboxylic acids is 2. The molecule has 0 radical (unpaired) electrons. The Morgan fingerprint density at radius 2 is 1.00 bits per heavy atom. The zero-order valence-corrected chi connectivity index (χ0v) is 32.5. The van der Waals surface area contributed by atoms with Crippen molar-refractivity contribution in [1.82, 2.24) is 0 Å². The smallest absolute Gasteiger partial charge is 0.306 e. The molecule has 2 unspecified atom stereocenters. The van der Waals surface area contributed by atoms with E-state index in [0.29, 0.717) is 12.8 Å². The zero-order chi connectivity index (χ0) is 37.7. The molecule has 0 aliphatic carbocycles. The fraction of sp³-hybridized carbons (Fsp3) is 0.947. The van der Waals surface area contributed by atoms with Crippen molar-refractivity contribution < 1.29 is 56.8 Å². The molecule has 0 spiro atoms. The van der Waals surface area contributed by atoms with Gasteiger partial charge in [0.2, 0.25) is 0 Å². The molecule has 0 aromatic heterocycles. The topological polar surface area (TPSA) is 186 Å². The van der Waals surface area contributed by atoms with Gasteiger partial charge in [-0.1, -0.05) is 149 Å². The summed E-state index contributed by atoms with van der Waals surface area (Å²) in [6, 6.07) is 0. The van der Waals surface area contributed by atoms with Crippen LogP contribution in [0.2, 0.25) is 0 Å². The maximum atomic E-state index is 12.7. The highest BCUT2D eigenvalue weighted by Gasteiger charge is 2.46. The minimum absolute atomic E-state index is 0.171. The highest BCUT2D eigenvalue weighted by molar-refractivity contribution is 7.85. The Kier molecular flexibility index (Phi) is 28.1. The maximum absolute atomic E-state index is 12.7. The highest BCUT2D eigenvalue weighted by atomic mass is 32.2. The number of aliphatic hydroxyl groups excluding tert-OH is 3. The summed E-state index contributed by atoms with van der Waals surface area (Å²) in [5, 5.41) is 30.7. The molecule has 1 fully saturated rings. The van der Waals surface area contributed by atoms with Gasteiger partial charge in [0.15, 0.2) is 12.4 Å². The van der Waals surface area contributed by atoms with Crippen molar-refractivity contribution >= 4 is 22.1 Å². The lowest BCUT2D eigenvalue weighted by Crippen LogP contribution is -2.60. The van der Waals surface area contributed by atoms with Crippen molar-refractivity contribution in [3.05, 3.63) is 0 Å². The average Bonchev–Trinajstić information content (AvgIpc) is 3.09. The quantitative estimate of drug-likeness (QED) is 0.0308. The van der Waals surface area contributed by atoms with E-state index in [1.807, 2.05) is 0 Å². The Hall–Kier alpha value is -1.35. The van der Waals surface area contributed by atoms with E-state index in [2.05, 4.69) is 13.8 Å². The second kappa shape index (κ2) is 30.0. The van der Waals surface area contributed by atoms with Crippen molar-refractivity contribution in [2.75, 3.05) is 19.0 Å². The predicted octanol–water partition coefficient (Wildman–Crippen LogP) is 6.95. The minimum atomic E-state index is -4.59. The van der Waals surface area contributed by atoms with Gasteiger partial charge in [-0.2, -0.15) is 8.42 Å². The molecule has 1 rings (SSSR count). The molecule has 13 heteroatoms. The maximum Gasteiger partial charge on any atom is 0.306 e. The summed E-state index contributed by atoms with van der Waals surface area (Å²) in [6.45, 7) is 3.71. The van der Waals surface area contributed by atoms with E-state index in [-0.39, 0.29) is 19.4 Å². The summed E-state index contributed by atoms with van der Waals surface area (Å²) < 4.78 is 53.8. The van der Waals surface area contributed by atoms with Crippen molar-refractivity contribution in [2.24, 2.45) is 0 Å². The molecule has 12 nitrogen and oxygen atoms in total. The molecule has 0 saturated carbocycles. The van der Waals surface area contributed by atoms with E-state index in [1.54, 1.807) is 0 Å². The molecule has 0 aromatic carbocycles. The number of carbonyl (C=O) groups is 2. The van der Waals surface area contributed by atoms with Crippen molar-refractivity contribution in [3.63, 3.8) is 0 Å². The molecule has 1 aliphatic heterocycles. The lowest BCUT2D eigenvalue weighted by Gasteiger charge is -2.40. The molecule has 4 N–H and O–H groups in total. The van der Waals surface area contributed by atoms with Gasteiger partial charge in [-0.15, -0.1) is 0 Å². The number of aliphatic hydroxyl groups is 3. The number of hydrogen-bond donors (Lipinski definition) is 4. The average molecular weight is 753 g/mol. The molecule has 302 valence electrons. The number of unbranched alkanes of at least 4 members (excludes halogenated alkanes) is 21. The third kappa shape index (κ3) is 25.3. The van der Waals surface area contributed by atoms with Gasteiger partial charge in [0.25, 0.3) is 10.1 Å². The van der Waals surface area contributed by atoms with Gasteiger partial charge in [-0.25, -0.2) is 0 Å². The normalized spacial score (nSPS) is 21.4. The summed E-state index contributed by atoms with van der Waals surface area (Å²) in [7, 11) is -4.59.